The lowest BCUT2D eigenvalue weighted by molar-refractivity contribution is 0.415. The van der Waals surface area contributed by atoms with Crippen LogP contribution < -0.4 is 14.8 Å². The summed E-state index contributed by atoms with van der Waals surface area (Å²) in [6.45, 7) is 0. The van der Waals surface area contributed by atoms with Gasteiger partial charge in [-0.2, -0.15) is 14.6 Å². The molecule has 9 heteroatoms. The average molecular weight is 512 g/mol. The first-order valence-electron chi connectivity index (χ1n) is 11.1. The molecule has 0 aliphatic heterocycles. The van der Waals surface area contributed by atoms with Crippen molar-refractivity contribution in [3.8, 4) is 34.1 Å². The van der Waals surface area contributed by atoms with E-state index in [1.807, 2.05) is 85.1 Å². The molecule has 6 aromatic rings. The average Bonchev–Trinajstić information content (AvgIpc) is 3.60. The molecule has 3 aromatic carbocycles. The Morgan fingerprint density at radius 2 is 1.69 bits per heavy atom. The van der Waals surface area contributed by atoms with Crippen molar-refractivity contribution < 1.29 is 4.74 Å². The van der Waals surface area contributed by atoms with Crippen LogP contribution in [0.15, 0.2) is 89.9 Å². The van der Waals surface area contributed by atoms with Crippen LogP contribution in [-0.4, -0.2) is 31.5 Å². The number of halogens is 1. The minimum absolute atomic E-state index is 0.226. The predicted molar refractivity (Wildman–Crippen MR) is 142 cm³/mol. The second-order valence-electron chi connectivity index (χ2n) is 7.97. The Balaban J connectivity index is 1.50. The lowest BCUT2D eigenvalue weighted by Crippen LogP contribution is -2.23. The molecule has 0 radical (unpaired) electrons. The number of hydrogen-bond donors (Lipinski definition) is 0. The minimum Gasteiger partial charge on any atom is -0.495 e. The Morgan fingerprint density at radius 1 is 0.944 bits per heavy atom. The minimum atomic E-state index is -0.226. The molecule has 0 aliphatic carbocycles. The molecule has 3 heterocycles. The number of benzene rings is 3. The molecule has 0 bridgehead atoms. The summed E-state index contributed by atoms with van der Waals surface area (Å²) in [4.78, 5) is 18.3. The van der Waals surface area contributed by atoms with Gasteiger partial charge in [-0.1, -0.05) is 71.5 Å². The first-order chi connectivity index (χ1) is 17.6. The second kappa shape index (κ2) is 9.07. The highest BCUT2D eigenvalue weighted by atomic mass is 35.5. The van der Waals surface area contributed by atoms with Crippen molar-refractivity contribution in [1.29, 1.82) is 0 Å². The molecule has 0 N–H and O–H groups in total. The molecule has 0 fully saturated rings. The van der Waals surface area contributed by atoms with Crippen LogP contribution in [-0.2, 0) is 0 Å². The smallest absolute Gasteiger partial charge is 0.291 e. The quantitative estimate of drug-likeness (QED) is 0.330. The normalized spacial score (nSPS) is 11.9. The molecular weight excluding hydrogens is 494 g/mol. The Bertz CT molecular complexity index is 1810. The zero-order valence-corrected chi connectivity index (χ0v) is 20.6. The van der Waals surface area contributed by atoms with Crippen LogP contribution in [0.1, 0.15) is 5.56 Å². The maximum absolute atomic E-state index is 13.2. The molecule has 0 spiro atoms. The summed E-state index contributed by atoms with van der Waals surface area (Å²) in [6, 6.07) is 24.9. The van der Waals surface area contributed by atoms with Crippen molar-refractivity contribution in [2.75, 3.05) is 7.11 Å². The summed E-state index contributed by atoms with van der Waals surface area (Å²) in [7, 11) is 1.57. The predicted octanol–water partition coefficient (Wildman–Crippen LogP) is 4.88. The van der Waals surface area contributed by atoms with Gasteiger partial charge in [-0.25, -0.2) is 4.68 Å². The topological polar surface area (TPSA) is 74.3 Å². The van der Waals surface area contributed by atoms with Crippen LogP contribution in [0.2, 0.25) is 5.02 Å². The highest BCUT2D eigenvalue weighted by molar-refractivity contribution is 7.15. The number of hydrogen-bond acceptors (Lipinski definition) is 6. The highest BCUT2D eigenvalue weighted by Gasteiger charge is 2.16. The van der Waals surface area contributed by atoms with E-state index in [9.17, 15) is 4.79 Å². The molecule has 0 saturated heterocycles. The maximum Gasteiger partial charge on any atom is 0.291 e. The summed E-state index contributed by atoms with van der Waals surface area (Å²) in [5.41, 5.74) is 3.80. The lowest BCUT2D eigenvalue weighted by Gasteiger charge is -2.05. The largest absolute Gasteiger partial charge is 0.495 e. The summed E-state index contributed by atoms with van der Waals surface area (Å²) in [5, 5.41) is 9.74. The van der Waals surface area contributed by atoms with E-state index in [4.69, 9.17) is 21.4 Å². The Hall–Kier alpha value is -4.27. The SMILES string of the molecule is COc1ccc(-c2nn(-c3ccccc3)cc2C=c2sc3nc(-c4ccccc4)nn3c2=O)cc1Cl. The monoisotopic (exact) mass is 511 g/mol. The third-order valence-corrected chi connectivity index (χ3v) is 6.94. The number of fused-ring (bicyclic) bond motifs is 1. The fourth-order valence-electron chi connectivity index (χ4n) is 3.93. The van der Waals surface area contributed by atoms with Crippen molar-refractivity contribution in [2.24, 2.45) is 0 Å². The molecule has 7 nitrogen and oxygen atoms in total. The molecule has 6 rings (SSSR count). The van der Waals surface area contributed by atoms with Gasteiger partial charge in [0.2, 0.25) is 4.96 Å². The van der Waals surface area contributed by atoms with Gasteiger partial charge in [0.25, 0.3) is 5.56 Å². The highest BCUT2D eigenvalue weighted by Crippen LogP contribution is 2.32. The fourth-order valence-corrected chi connectivity index (χ4v) is 5.08. The summed E-state index contributed by atoms with van der Waals surface area (Å²) in [6.07, 6.45) is 3.72. The molecule has 0 saturated carbocycles. The number of rotatable bonds is 5. The van der Waals surface area contributed by atoms with Crippen LogP contribution in [0.4, 0.5) is 0 Å². The third kappa shape index (κ3) is 3.96. The van der Waals surface area contributed by atoms with Gasteiger partial charge in [0, 0.05) is 22.9 Å². The number of methoxy groups -OCH3 is 1. The zero-order chi connectivity index (χ0) is 24.6. The number of aromatic nitrogens is 5. The van der Waals surface area contributed by atoms with Crippen LogP contribution >= 0.6 is 22.9 Å². The van der Waals surface area contributed by atoms with E-state index in [0.717, 1.165) is 22.4 Å². The Labute approximate surface area is 214 Å². The summed E-state index contributed by atoms with van der Waals surface area (Å²) < 4.78 is 8.95. The van der Waals surface area contributed by atoms with Gasteiger partial charge >= 0.3 is 0 Å². The van der Waals surface area contributed by atoms with E-state index >= 15 is 0 Å². The maximum atomic E-state index is 13.2. The van der Waals surface area contributed by atoms with Gasteiger partial charge in [-0.3, -0.25) is 4.79 Å². The van der Waals surface area contributed by atoms with Crippen LogP contribution in [0.5, 0.6) is 5.75 Å². The molecule has 176 valence electrons. The number of para-hydroxylation sites is 1. The van der Waals surface area contributed by atoms with E-state index in [0.29, 0.717) is 31.8 Å². The first-order valence-corrected chi connectivity index (χ1v) is 12.3. The zero-order valence-electron chi connectivity index (χ0n) is 19.0. The van der Waals surface area contributed by atoms with Gasteiger partial charge in [-0.15, -0.1) is 5.10 Å². The van der Waals surface area contributed by atoms with Crippen molar-refractivity contribution in [1.82, 2.24) is 24.4 Å². The van der Waals surface area contributed by atoms with Gasteiger partial charge in [0.1, 0.15) is 11.4 Å². The molecule has 36 heavy (non-hydrogen) atoms. The van der Waals surface area contributed by atoms with E-state index in [1.165, 1.54) is 15.9 Å². The van der Waals surface area contributed by atoms with E-state index in [-0.39, 0.29) is 5.56 Å². The standard InChI is InChI=1S/C27H18ClN5O2S/c1-35-22-13-12-18(14-21(22)28)24-19(16-32(30-24)20-10-6-3-7-11-20)15-23-26(34)33-27(36-23)29-25(31-33)17-8-4-2-5-9-17/h2-16H,1H3. The van der Waals surface area contributed by atoms with Crippen LogP contribution in [0.25, 0.3) is 39.4 Å². The van der Waals surface area contributed by atoms with Crippen molar-refractivity contribution in [3.63, 3.8) is 0 Å². The lowest BCUT2D eigenvalue weighted by atomic mass is 10.1. The number of thiazole rings is 1. The number of ether oxygens (including phenoxy) is 1. The van der Waals surface area contributed by atoms with Crippen molar-refractivity contribution in [3.05, 3.63) is 111 Å². The Morgan fingerprint density at radius 3 is 2.39 bits per heavy atom. The van der Waals surface area contributed by atoms with Gasteiger partial charge in [-0.05, 0) is 36.4 Å². The van der Waals surface area contributed by atoms with Crippen molar-refractivity contribution in [2.45, 2.75) is 0 Å². The third-order valence-electron chi connectivity index (χ3n) is 5.69. The molecule has 3 aromatic heterocycles. The number of nitrogens with zero attached hydrogens (tertiary/aromatic N) is 5. The second-order valence-corrected chi connectivity index (χ2v) is 9.39. The van der Waals surface area contributed by atoms with E-state index in [2.05, 4.69) is 10.1 Å². The molecule has 0 unspecified atom stereocenters. The molecular formula is C27H18ClN5O2S. The first kappa shape index (κ1) is 22.2. The molecule has 0 atom stereocenters. The van der Waals surface area contributed by atoms with Crippen molar-refractivity contribution >= 4 is 34.0 Å². The van der Waals surface area contributed by atoms with E-state index < -0.39 is 0 Å². The van der Waals surface area contributed by atoms with Gasteiger partial charge in [0.15, 0.2) is 5.82 Å². The van der Waals surface area contributed by atoms with Crippen LogP contribution in [0.3, 0.4) is 0 Å². The fraction of sp³-hybridized carbons (Fsp3) is 0.0370. The summed E-state index contributed by atoms with van der Waals surface area (Å²) >= 11 is 7.70. The summed E-state index contributed by atoms with van der Waals surface area (Å²) in [5.74, 6) is 1.10. The van der Waals surface area contributed by atoms with Gasteiger partial charge < -0.3 is 4.74 Å². The van der Waals surface area contributed by atoms with E-state index in [1.54, 1.807) is 17.9 Å². The van der Waals surface area contributed by atoms with Crippen LogP contribution in [0, 0.1) is 0 Å². The Kier molecular flexibility index (Phi) is 5.59. The van der Waals surface area contributed by atoms with Gasteiger partial charge in [0.05, 0.1) is 22.4 Å². The molecule has 0 aliphatic rings. The molecule has 0 amide bonds.